The van der Waals surface area contributed by atoms with Crippen LogP contribution in [-0.4, -0.2) is 20.3 Å². The summed E-state index contributed by atoms with van der Waals surface area (Å²) in [7, 11) is 1.50. The van der Waals surface area contributed by atoms with Gasteiger partial charge in [0.2, 0.25) is 0 Å². The Hall–Kier alpha value is -1.92. The topological polar surface area (TPSA) is 44.5 Å². The Labute approximate surface area is 136 Å². The average molecular weight is 346 g/mol. The highest BCUT2D eigenvalue weighted by molar-refractivity contribution is 6.34. The Morgan fingerprint density at radius 3 is 2.35 bits per heavy atom. The van der Waals surface area contributed by atoms with Crippen LogP contribution in [0.15, 0.2) is 36.4 Å². The standard InChI is InChI=1S/C15H10ClF3O2.CH5N/c16-11-5-6-12-14(21-8-7-20-12)13(11)9-3-1-2-4-10(9)15(17,18)19;1-2/h1-6H,7-8H2;2H2,1H3. The summed E-state index contributed by atoms with van der Waals surface area (Å²) in [4.78, 5) is 0. The Morgan fingerprint density at radius 1 is 1.00 bits per heavy atom. The van der Waals surface area contributed by atoms with Gasteiger partial charge in [0.05, 0.1) is 10.6 Å². The Morgan fingerprint density at radius 2 is 1.65 bits per heavy atom. The van der Waals surface area contributed by atoms with Crippen molar-refractivity contribution < 1.29 is 22.6 Å². The fraction of sp³-hybridized carbons (Fsp3) is 0.250. The molecule has 0 fully saturated rings. The second-order valence-corrected chi connectivity index (χ2v) is 4.90. The Balaban J connectivity index is 0.000000924. The number of fused-ring (bicyclic) bond motifs is 1. The molecule has 0 saturated carbocycles. The molecule has 0 aliphatic carbocycles. The zero-order valence-electron chi connectivity index (χ0n) is 12.3. The minimum atomic E-state index is -4.47. The maximum atomic E-state index is 13.2. The van der Waals surface area contributed by atoms with Gasteiger partial charge in [-0.15, -0.1) is 0 Å². The quantitative estimate of drug-likeness (QED) is 0.834. The summed E-state index contributed by atoms with van der Waals surface area (Å²) in [5.74, 6) is 0.656. The number of hydrogen-bond acceptors (Lipinski definition) is 3. The van der Waals surface area contributed by atoms with E-state index in [1.165, 1.54) is 31.3 Å². The Kier molecular flexibility index (Phi) is 5.38. The van der Waals surface area contributed by atoms with Gasteiger partial charge in [-0.05, 0) is 30.8 Å². The normalized spacial score (nSPS) is 13.1. The highest BCUT2D eigenvalue weighted by Gasteiger charge is 2.35. The number of nitrogens with two attached hydrogens (primary N) is 1. The van der Waals surface area contributed by atoms with Gasteiger partial charge in [-0.25, -0.2) is 0 Å². The van der Waals surface area contributed by atoms with Gasteiger partial charge in [0.1, 0.15) is 13.2 Å². The molecule has 0 saturated heterocycles. The van der Waals surface area contributed by atoms with Gasteiger partial charge in [0, 0.05) is 5.56 Å². The van der Waals surface area contributed by atoms with Crippen molar-refractivity contribution in [3.8, 4) is 22.6 Å². The molecule has 7 heteroatoms. The molecule has 0 unspecified atom stereocenters. The summed E-state index contributed by atoms with van der Waals surface area (Å²) in [6.45, 7) is 0.628. The van der Waals surface area contributed by atoms with E-state index in [1.54, 1.807) is 6.07 Å². The van der Waals surface area contributed by atoms with E-state index in [0.717, 1.165) is 6.07 Å². The summed E-state index contributed by atoms with van der Waals surface area (Å²) in [5, 5.41) is 0.191. The summed E-state index contributed by atoms with van der Waals surface area (Å²) in [5.41, 5.74) is 3.94. The molecule has 1 aliphatic rings. The highest BCUT2D eigenvalue weighted by atomic mass is 35.5. The number of hydrogen-bond donors (Lipinski definition) is 1. The van der Waals surface area contributed by atoms with Crippen molar-refractivity contribution in [2.24, 2.45) is 5.73 Å². The molecular formula is C16H15ClF3NO2. The fourth-order valence-corrected chi connectivity index (χ4v) is 2.54. The van der Waals surface area contributed by atoms with Crippen LogP contribution in [0.3, 0.4) is 0 Å². The zero-order chi connectivity index (χ0) is 17.0. The first-order chi connectivity index (χ1) is 11.0. The van der Waals surface area contributed by atoms with E-state index in [1.807, 2.05) is 0 Å². The number of rotatable bonds is 1. The van der Waals surface area contributed by atoms with E-state index in [9.17, 15) is 13.2 Å². The van der Waals surface area contributed by atoms with Crippen LogP contribution >= 0.6 is 11.6 Å². The van der Waals surface area contributed by atoms with Crippen molar-refractivity contribution in [3.05, 3.63) is 47.0 Å². The molecule has 0 amide bonds. The average Bonchev–Trinajstić information content (AvgIpc) is 2.56. The lowest BCUT2D eigenvalue weighted by atomic mass is 9.98. The third kappa shape index (κ3) is 3.54. The summed E-state index contributed by atoms with van der Waals surface area (Å²) in [6.07, 6.45) is -4.47. The van der Waals surface area contributed by atoms with Crippen LogP contribution in [0.25, 0.3) is 11.1 Å². The lowest BCUT2D eigenvalue weighted by Crippen LogP contribution is -2.16. The molecule has 23 heavy (non-hydrogen) atoms. The van der Waals surface area contributed by atoms with Crippen LogP contribution in [0.5, 0.6) is 11.5 Å². The molecule has 2 aromatic carbocycles. The van der Waals surface area contributed by atoms with E-state index in [-0.39, 0.29) is 28.5 Å². The molecule has 0 radical (unpaired) electrons. The minimum absolute atomic E-state index is 0.0163. The van der Waals surface area contributed by atoms with Crippen LogP contribution in [0.2, 0.25) is 5.02 Å². The first-order valence-electron chi connectivity index (χ1n) is 6.81. The maximum absolute atomic E-state index is 13.2. The lowest BCUT2D eigenvalue weighted by Gasteiger charge is -2.23. The highest BCUT2D eigenvalue weighted by Crippen LogP contribution is 2.47. The first-order valence-corrected chi connectivity index (χ1v) is 7.18. The van der Waals surface area contributed by atoms with Gasteiger partial charge in [0.15, 0.2) is 11.5 Å². The molecule has 0 bridgehead atoms. The number of benzene rings is 2. The smallest absolute Gasteiger partial charge is 0.417 e. The van der Waals surface area contributed by atoms with E-state index in [4.69, 9.17) is 21.1 Å². The van der Waals surface area contributed by atoms with Gasteiger partial charge in [-0.3, -0.25) is 0 Å². The number of halogens is 4. The molecule has 2 aromatic rings. The van der Waals surface area contributed by atoms with Crippen LogP contribution in [0.4, 0.5) is 13.2 Å². The molecule has 3 nitrogen and oxygen atoms in total. The molecule has 1 aliphatic heterocycles. The minimum Gasteiger partial charge on any atom is -0.486 e. The second kappa shape index (κ2) is 7.10. The van der Waals surface area contributed by atoms with Crippen molar-refractivity contribution in [1.82, 2.24) is 0 Å². The van der Waals surface area contributed by atoms with Gasteiger partial charge >= 0.3 is 6.18 Å². The van der Waals surface area contributed by atoms with E-state index in [2.05, 4.69) is 5.73 Å². The molecular weight excluding hydrogens is 331 g/mol. The van der Waals surface area contributed by atoms with Crippen molar-refractivity contribution in [2.45, 2.75) is 6.18 Å². The molecule has 3 rings (SSSR count). The summed E-state index contributed by atoms with van der Waals surface area (Å²) >= 11 is 6.11. The van der Waals surface area contributed by atoms with Gasteiger partial charge in [-0.2, -0.15) is 13.2 Å². The van der Waals surface area contributed by atoms with Gasteiger partial charge in [-0.1, -0.05) is 29.8 Å². The molecule has 0 spiro atoms. The number of alkyl halides is 3. The lowest BCUT2D eigenvalue weighted by molar-refractivity contribution is -0.137. The summed E-state index contributed by atoms with van der Waals surface area (Å²) in [6, 6.07) is 8.38. The maximum Gasteiger partial charge on any atom is 0.417 e. The molecule has 0 aromatic heterocycles. The second-order valence-electron chi connectivity index (χ2n) is 4.49. The van der Waals surface area contributed by atoms with Crippen LogP contribution in [0, 0.1) is 0 Å². The third-order valence-electron chi connectivity index (χ3n) is 3.16. The van der Waals surface area contributed by atoms with Crippen molar-refractivity contribution in [2.75, 3.05) is 20.3 Å². The van der Waals surface area contributed by atoms with Crippen molar-refractivity contribution in [1.29, 1.82) is 0 Å². The van der Waals surface area contributed by atoms with Gasteiger partial charge < -0.3 is 15.2 Å². The molecule has 1 heterocycles. The van der Waals surface area contributed by atoms with Crippen LogP contribution in [0.1, 0.15) is 5.56 Å². The van der Waals surface area contributed by atoms with Gasteiger partial charge in [0.25, 0.3) is 0 Å². The van der Waals surface area contributed by atoms with Crippen molar-refractivity contribution in [3.63, 3.8) is 0 Å². The third-order valence-corrected chi connectivity index (χ3v) is 3.47. The fourth-order valence-electron chi connectivity index (χ4n) is 2.29. The van der Waals surface area contributed by atoms with E-state index in [0.29, 0.717) is 12.4 Å². The SMILES string of the molecule is CN.FC(F)(F)c1ccccc1-c1c(Cl)ccc2c1OCCO2. The predicted octanol–water partition coefficient (Wildman–Crippen LogP) is 4.37. The van der Waals surface area contributed by atoms with E-state index < -0.39 is 11.7 Å². The van der Waals surface area contributed by atoms with E-state index >= 15 is 0 Å². The molecule has 0 atom stereocenters. The predicted molar refractivity (Wildman–Crippen MR) is 83.0 cm³/mol. The van der Waals surface area contributed by atoms with Crippen molar-refractivity contribution >= 4 is 11.6 Å². The van der Waals surface area contributed by atoms with Crippen LogP contribution < -0.4 is 15.2 Å². The zero-order valence-corrected chi connectivity index (χ0v) is 13.0. The Bertz CT molecular complexity index is 690. The first kappa shape index (κ1) is 17.4. The largest absolute Gasteiger partial charge is 0.486 e. The number of ether oxygens (including phenoxy) is 2. The molecule has 124 valence electrons. The monoisotopic (exact) mass is 345 g/mol. The van der Waals surface area contributed by atoms with Crippen LogP contribution in [-0.2, 0) is 6.18 Å². The molecule has 2 N–H and O–H groups in total. The summed E-state index contributed by atoms with van der Waals surface area (Å²) < 4.78 is 50.4.